The van der Waals surface area contributed by atoms with E-state index in [1.54, 1.807) is 12.1 Å². The zero-order valence-electron chi connectivity index (χ0n) is 28.4. The molecule has 0 heterocycles. The molecule has 5 fully saturated rings. The molecule has 0 spiro atoms. The molecule has 0 radical (unpaired) electrons. The Morgan fingerprint density at radius 2 is 1.64 bits per heavy atom. The molecule has 0 aromatic heterocycles. The van der Waals surface area contributed by atoms with Crippen LogP contribution in [0.3, 0.4) is 0 Å². The molecule has 5 aliphatic rings. The monoisotopic (exact) mass is 618 g/mol. The van der Waals surface area contributed by atoms with E-state index in [4.69, 9.17) is 4.74 Å². The standard InChI is InChI=1S/C39H54O6/c1-23(2)25-13-16-35(5)19-20-36(6)26(33(25)35)14-18-39(44)37(7)17-15-31(34(3,4)29(37)22-30(42)38(36,39)8)45-32(43)12-10-24-9-11-27(40)28(41)21-24/h9-12,21,25-26,29,31,33,40-41,44H,1,13-20,22H2,2-8H3/t25-,26+,29-,31-,33+,35+,36+,37-,38-,39-/m0/s1. The van der Waals surface area contributed by atoms with Crippen LogP contribution in [0.5, 0.6) is 11.5 Å². The Balaban J connectivity index is 1.29. The number of phenolic OH excluding ortho intramolecular Hbond substituents is 2. The normalized spacial score (nSPS) is 45.2. The molecule has 5 aliphatic carbocycles. The summed E-state index contributed by atoms with van der Waals surface area (Å²) in [6.45, 7) is 20.0. The number of phenols is 2. The lowest BCUT2D eigenvalue weighted by Gasteiger charge is -2.74. The van der Waals surface area contributed by atoms with Gasteiger partial charge in [0, 0.05) is 23.3 Å². The minimum Gasteiger partial charge on any atom is -0.504 e. The van der Waals surface area contributed by atoms with Gasteiger partial charge in [-0.1, -0.05) is 52.8 Å². The number of hydrogen-bond acceptors (Lipinski definition) is 6. The van der Waals surface area contributed by atoms with Gasteiger partial charge in [-0.05, 0) is 123 Å². The zero-order valence-corrected chi connectivity index (χ0v) is 28.4. The number of ketones is 1. The summed E-state index contributed by atoms with van der Waals surface area (Å²) in [5, 5.41) is 32.6. The highest BCUT2D eigenvalue weighted by Crippen LogP contribution is 2.77. The molecule has 45 heavy (non-hydrogen) atoms. The second-order valence-corrected chi connectivity index (χ2v) is 17.2. The lowest BCUT2D eigenvalue weighted by Crippen LogP contribution is -2.78. The number of esters is 1. The number of fused-ring (bicyclic) bond motifs is 7. The number of allylic oxidation sites excluding steroid dienone is 1. The summed E-state index contributed by atoms with van der Waals surface area (Å²) in [4.78, 5) is 27.8. The number of aliphatic hydroxyl groups is 1. The second-order valence-electron chi connectivity index (χ2n) is 17.2. The van der Waals surface area contributed by atoms with Gasteiger partial charge in [0.2, 0.25) is 0 Å². The van der Waals surface area contributed by atoms with Crippen molar-refractivity contribution in [2.24, 2.45) is 50.7 Å². The molecule has 5 saturated carbocycles. The lowest BCUT2D eigenvalue weighted by molar-refractivity contribution is -0.305. The highest BCUT2D eigenvalue weighted by atomic mass is 16.5. The van der Waals surface area contributed by atoms with Gasteiger partial charge < -0.3 is 20.1 Å². The highest BCUT2D eigenvalue weighted by molar-refractivity contribution is 5.89. The second kappa shape index (κ2) is 10.2. The Morgan fingerprint density at radius 1 is 0.933 bits per heavy atom. The van der Waals surface area contributed by atoms with Crippen molar-refractivity contribution in [2.75, 3.05) is 0 Å². The lowest BCUT2D eigenvalue weighted by atomic mass is 9.30. The van der Waals surface area contributed by atoms with Gasteiger partial charge in [0.05, 0.1) is 11.0 Å². The van der Waals surface area contributed by atoms with Gasteiger partial charge in [0.15, 0.2) is 11.5 Å². The van der Waals surface area contributed by atoms with Crippen molar-refractivity contribution < 1.29 is 29.6 Å². The molecule has 3 N–H and O–H groups in total. The summed E-state index contributed by atoms with van der Waals surface area (Å²) in [5.41, 5.74) is -1.22. The summed E-state index contributed by atoms with van der Waals surface area (Å²) in [5.74, 6) is 0.436. The maximum absolute atomic E-state index is 14.8. The molecule has 10 atom stereocenters. The molecule has 0 bridgehead atoms. The summed E-state index contributed by atoms with van der Waals surface area (Å²) in [6.07, 6.45) is 10.2. The number of carbonyl (C=O) groups excluding carboxylic acids is 2. The van der Waals surface area contributed by atoms with Crippen LogP contribution in [0.25, 0.3) is 6.08 Å². The average molecular weight is 619 g/mol. The molecule has 6 rings (SSSR count). The Morgan fingerprint density at radius 3 is 2.31 bits per heavy atom. The fourth-order valence-corrected chi connectivity index (χ4v) is 12.3. The van der Waals surface area contributed by atoms with Crippen LogP contribution in [0.2, 0.25) is 0 Å². The van der Waals surface area contributed by atoms with Crippen LogP contribution in [0.1, 0.15) is 112 Å². The summed E-state index contributed by atoms with van der Waals surface area (Å²) in [7, 11) is 0. The van der Waals surface area contributed by atoms with E-state index in [-0.39, 0.29) is 34.0 Å². The molecule has 1 aromatic carbocycles. The Kier molecular flexibility index (Phi) is 7.33. The zero-order chi connectivity index (χ0) is 33.0. The van der Waals surface area contributed by atoms with Gasteiger partial charge in [-0.3, -0.25) is 4.79 Å². The largest absolute Gasteiger partial charge is 0.504 e. The van der Waals surface area contributed by atoms with Crippen molar-refractivity contribution in [3.63, 3.8) is 0 Å². The molecular formula is C39H54O6. The molecule has 6 nitrogen and oxygen atoms in total. The Bertz CT molecular complexity index is 1460. The van der Waals surface area contributed by atoms with E-state index in [0.29, 0.717) is 49.0 Å². The average Bonchev–Trinajstić information content (AvgIpc) is 3.33. The van der Waals surface area contributed by atoms with E-state index in [2.05, 4.69) is 55.0 Å². The predicted molar refractivity (Wildman–Crippen MR) is 175 cm³/mol. The van der Waals surface area contributed by atoms with Crippen molar-refractivity contribution >= 4 is 17.8 Å². The predicted octanol–water partition coefficient (Wildman–Crippen LogP) is 7.99. The van der Waals surface area contributed by atoms with Crippen molar-refractivity contribution in [1.29, 1.82) is 0 Å². The summed E-state index contributed by atoms with van der Waals surface area (Å²) in [6, 6.07) is 4.36. The molecule has 0 amide bonds. The van der Waals surface area contributed by atoms with Crippen LogP contribution < -0.4 is 0 Å². The van der Waals surface area contributed by atoms with Gasteiger partial charge in [0.25, 0.3) is 0 Å². The van der Waals surface area contributed by atoms with E-state index >= 15 is 0 Å². The molecule has 0 aliphatic heterocycles. The summed E-state index contributed by atoms with van der Waals surface area (Å²) < 4.78 is 6.07. The van der Waals surface area contributed by atoms with E-state index in [9.17, 15) is 24.9 Å². The SMILES string of the molecule is C=C(C)[C@@H]1CC[C@]2(C)CC[C@]3(C)[C@H](CC[C@@]4(O)[C@@]3(C)C(=O)C[C@H]3C(C)(C)[C@@H](OC(=O)C=Cc5ccc(O)c(O)c5)CC[C@@]34C)[C@@H]12. The maximum Gasteiger partial charge on any atom is 0.331 e. The fraction of sp³-hybridized carbons (Fsp3) is 0.692. The third-order valence-corrected chi connectivity index (χ3v) is 15.1. The molecule has 0 saturated heterocycles. The van der Waals surface area contributed by atoms with Crippen LogP contribution in [0.4, 0.5) is 0 Å². The first-order valence-electron chi connectivity index (χ1n) is 17.2. The number of ether oxygens (including phenoxy) is 1. The van der Waals surface area contributed by atoms with Gasteiger partial charge >= 0.3 is 5.97 Å². The van der Waals surface area contributed by atoms with Crippen LogP contribution in [-0.4, -0.2) is 38.8 Å². The number of aromatic hydroxyl groups is 2. The smallest absolute Gasteiger partial charge is 0.331 e. The van der Waals surface area contributed by atoms with Crippen molar-refractivity contribution in [2.45, 2.75) is 118 Å². The quantitative estimate of drug-likeness (QED) is 0.137. The van der Waals surface area contributed by atoms with Crippen LogP contribution in [0, 0.1) is 50.7 Å². The highest BCUT2D eigenvalue weighted by Gasteiger charge is 2.78. The molecule has 246 valence electrons. The van der Waals surface area contributed by atoms with E-state index in [1.807, 2.05) is 0 Å². The number of carbonyl (C=O) groups is 2. The van der Waals surface area contributed by atoms with Crippen LogP contribution in [0.15, 0.2) is 36.4 Å². The minimum atomic E-state index is -1.15. The number of rotatable bonds is 4. The Labute approximate surface area is 269 Å². The van der Waals surface area contributed by atoms with Gasteiger partial charge in [-0.15, -0.1) is 0 Å². The molecule has 1 aromatic rings. The van der Waals surface area contributed by atoms with Gasteiger partial charge in [-0.2, -0.15) is 0 Å². The summed E-state index contributed by atoms with van der Waals surface area (Å²) >= 11 is 0. The first kappa shape index (κ1) is 32.3. The first-order chi connectivity index (χ1) is 20.9. The van der Waals surface area contributed by atoms with Crippen molar-refractivity contribution in [3.8, 4) is 11.5 Å². The van der Waals surface area contributed by atoms with Gasteiger partial charge in [0.1, 0.15) is 11.9 Å². The van der Waals surface area contributed by atoms with E-state index in [1.165, 1.54) is 36.6 Å². The van der Waals surface area contributed by atoms with Crippen molar-refractivity contribution in [1.82, 2.24) is 0 Å². The topological polar surface area (TPSA) is 104 Å². The van der Waals surface area contributed by atoms with Crippen LogP contribution in [-0.2, 0) is 14.3 Å². The molecule has 6 heteroatoms. The van der Waals surface area contributed by atoms with Crippen molar-refractivity contribution in [3.05, 3.63) is 42.0 Å². The van der Waals surface area contributed by atoms with Crippen LogP contribution >= 0.6 is 0 Å². The Hall–Kier alpha value is -2.60. The third-order valence-electron chi connectivity index (χ3n) is 15.1. The van der Waals surface area contributed by atoms with E-state index < -0.39 is 33.9 Å². The first-order valence-corrected chi connectivity index (χ1v) is 17.2. The third kappa shape index (κ3) is 4.22. The molecule has 0 unspecified atom stereocenters. The maximum atomic E-state index is 14.8. The number of benzene rings is 1. The molecular weight excluding hydrogens is 564 g/mol. The number of hydrogen-bond donors (Lipinski definition) is 3. The minimum absolute atomic E-state index is 0.135. The van der Waals surface area contributed by atoms with Gasteiger partial charge in [-0.25, -0.2) is 4.79 Å². The number of Topliss-reactive ketones (excluding diaryl/α,β-unsaturated/α-hetero) is 1. The fourth-order valence-electron chi connectivity index (χ4n) is 12.3. The van der Waals surface area contributed by atoms with E-state index in [0.717, 1.165) is 19.3 Å².